The van der Waals surface area contributed by atoms with E-state index in [1.165, 1.54) is 23.8 Å². The van der Waals surface area contributed by atoms with Gasteiger partial charge in [0.1, 0.15) is 22.9 Å². The maximum atomic E-state index is 15.5. The number of hydrogen-bond acceptors (Lipinski definition) is 5. The number of carbonyl (C=O) groups excluding carboxylic acids is 2. The number of methoxy groups -OCH3 is 1. The average molecular weight is 582 g/mol. The first-order valence-electron chi connectivity index (χ1n) is 14.4. The summed E-state index contributed by atoms with van der Waals surface area (Å²) < 4.78 is 22.5. The molecule has 1 aliphatic carbocycles. The lowest BCUT2D eigenvalue weighted by Gasteiger charge is -2.18. The zero-order chi connectivity index (χ0) is 30.7. The van der Waals surface area contributed by atoms with Crippen LogP contribution in [0.15, 0.2) is 71.7 Å². The van der Waals surface area contributed by atoms with Crippen LogP contribution in [-0.2, 0) is 18.4 Å². The number of benzene rings is 3. The van der Waals surface area contributed by atoms with Gasteiger partial charge >= 0.3 is 0 Å². The molecule has 0 bridgehead atoms. The van der Waals surface area contributed by atoms with E-state index in [0.717, 1.165) is 34.2 Å². The van der Waals surface area contributed by atoms with Gasteiger partial charge in [-0.25, -0.2) is 4.39 Å². The Labute approximate surface area is 250 Å². The van der Waals surface area contributed by atoms with Gasteiger partial charge in [0.25, 0.3) is 11.5 Å². The SMILES string of the molecule is COc1cc(-c2cccc(-c3cccc(NC(=O)c4cccn(C)c4=O)c3C)c2C)cc(F)c1CNC[C@@H]1CCC(=O)C1. The van der Waals surface area contributed by atoms with Crippen LogP contribution in [0, 0.1) is 25.6 Å². The van der Waals surface area contributed by atoms with E-state index in [0.29, 0.717) is 60.2 Å². The van der Waals surface area contributed by atoms with E-state index < -0.39 is 5.91 Å². The molecule has 1 aliphatic rings. The van der Waals surface area contributed by atoms with Crippen molar-refractivity contribution in [3.8, 4) is 28.0 Å². The van der Waals surface area contributed by atoms with Crippen LogP contribution in [0.4, 0.5) is 10.1 Å². The molecule has 1 fully saturated rings. The molecule has 1 atom stereocenters. The predicted molar refractivity (Wildman–Crippen MR) is 167 cm³/mol. The molecule has 0 unspecified atom stereocenters. The van der Waals surface area contributed by atoms with E-state index in [4.69, 9.17) is 4.74 Å². The van der Waals surface area contributed by atoms with E-state index in [1.807, 2.05) is 50.2 Å². The summed E-state index contributed by atoms with van der Waals surface area (Å²) in [5.41, 5.74) is 5.96. The first kappa shape index (κ1) is 29.9. The highest BCUT2D eigenvalue weighted by Gasteiger charge is 2.22. The second-order valence-corrected chi connectivity index (χ2v) is 11.2. The van der Waals surface area contributed by atoms with E-state index in [2.05, 4.69) is 10.6 Å². The number of hydrogen-bond donors (Lipinski definition) is 2. The van der Waals surface area contributed by atoms with Crippen molar-refractivity contribution in [3.05, 3.63) is 105 Å². The van der Waals surface area contributed by atoms with Gasteiger partial charge in [-0.15, -0.1) is 0 Å². The van der Waals surface area contributed by atoms with Crippen LogP contribution in [0.2, 0.25) is 0 Å². The van der Waals surface area contributed by atoms with Crippen molar-refractivity contribution in [2.24, 2.45) is 13.0 Å². The molecule has 43 heavy (non-hydrogen) atoms. The summed E-state index contributed by atoms with van der Waals surface area (Å²) in [5, 5.41) is 6.20. The van der Waals surface area contributed by atoms with E-state index in [9.17, 15) is 14.4 Å². The van der Waals surface area contributed by atoms with Crippen LogP contribution in [0.3, 0.4) is 0 Å². The molecule has 222 valence electrons. The van der Waals surface area contributed by atoms with Gasteiger partial charge in [0.2, 0.25) is 0 Å². The second-order valence-electron chi connectivity index (χ2n) is 11.2. The van der Waals surface area contributed by atoms with Crippen LogP contribution >= 0.6 is 0 Å². The van der Waals surface area contributed by atoms with Gasteiger partial charge in [0, 0.05) is 43.9 Å². The Morgan fingerprint density at radius 1 is 1.00 bits per heavy atom. The highest BCUT2D eigenvalue weighted by molar-refractivity contribution is 6.05. The highest BCUT2D eigenvalue weighted by Crippen LogP contribution is 2.37. The fourth-order valence-electron chi connectivity index (χ4n) is 5.85. The highest BCUT2D eigenvalue weighted by atomic mass is 19.1. The number of ether oxygens (including phenoxy) is 1. The zero-order valence-corrected chi connectivity index (χ0v) is 24.9. The standard InChI is InChI=1S/C35H36FN3O4/c1-21-26(24-17-31(36)30(33(18-24)43-4)20-37-19-23-13-14-25(40)16-23)8-5-9-27(21)28-10-6-12-32(22(28)2)38-34(41)29-11-7-15-39(3)35(29)42/h5-12,15,17-18,23,37H,13-14,16,19-20H2,1-4H3,(H,38,41)/t23-/m1/s1. The van der Waals surface area contributed by atoms with Crippen molar-refractivity contribution < 1.29 is 18.7 Å². The Bertz CT molecular complexity index is 1760. The van der Waals surface area contributed by atoms with Gasteiger partial charge in [-0.2, -0.15) is 0 Å². The number of anilines is 1. The number of carbonyl (C=O) groups is 2. The lowest BCUT2D eigenvalue weighted by molar-refractivity contribution is -0.117. The van der Waals surface area contributed by atoms with E-state index in [1.54, 1.807) is 25.4 Å². The Morgan fingerprint density at radius 3 is 2.44 bits per heavy atom. The van der Waals surface area contributed by atoms with Gasteiger partial charge in [-0.3, -0.25) is 14.4 Å². The molecule has 2 N–H and O–H groups in total. The summed E-state index contributed by atoms with van der Waals surface area (Å²) in [4.78, 5) is 37.0. The van der Waals surface area contributed by atoms with Crippen molar-refractivity contribution in [2.45, 2.75) is 39.7 Å². The zero-order valence-electron chi connectivity index (χ0n) is 24.9. The molecule has 1 amide bonds. The number of pyridine rings is 1. The van der Waals surface area contributed by atoms with Crippen molar-refractivity contribution >= 4 is 17.4 Å². The number of aromatic nitrogens is 1. The molecule has 8 heteroatoms. The quantitative estimate of drug-likeness (QED) is 0.246. The Kier molecular flexibility index (Phi) is 8.87. The summed E-state index contributed by atoms with van der Waals surface area (Å²) in [5.74, 6) is 0.223. The first-order chi connectivity index (χ1) is 20.7. The molecule has 7 nitrogen and oxygen atoms in total. The summed E-state index contributed by atoms with van der Waals surface area (Å²) in [6, 6.07) is 18.1. The maximum absolute atomic E-state index is 15.5. The number of ketones is 1. The van der Waals surface area contributed by atoms with Crippen LogP contribution in [0.5, 0.6) is 5.75 Å². The Morgan fingerprint density at radius 2 is 1.72 bits per heavy atom. The first-order valence-corrected chi connectivity index (χ1v) is 14.4. The third-order valence-electron chi connectivity index (χ3n) is 8.34. The van der Waals surface area contributed by atoms with Gasteiger partial charge in [-0.05, 0) is 96.4 Å². The average Bonchev–Trinajstić information content (AvgIpc) is 3.41. The van der Waals surface area contributed by atoms with Crippen molar-refractivity contribution in [2.75, 3.05) is 19.0 Å². The third kappa shape index (κ3) is 6.29. The molecule has 1 heterocycles. The van der Waals surface area contributed by atoms with Gasteiger partial charge in [0.15, 0.2) is 0 Å². The fraction of sp³-hybridized carbons (Fsp3) is 0.286. The molecule has 1 aromatic heterocycles. The van der Waals surface area contributed by atoms with E-state index in [-0.39, 0.29) is 16.9 Å². The molecule has 4 aromatic rings. The van der Waals surface area contributed by atoms with Crippen LogP contribution < -0.4 is 20.9 Å². The number of halogens is 1. The normalized spacial score (nSPS) is 14.6. The number of nitrogens with zero attached hydrogens (tertiary/aromatic N) is 1. The van der Waals surface area contributed by atoms with Crippen molar-refractivity contribution in [1.29, 1.82) is 0 Å². The maximum Gasteiger partial charge on any atom is 0.263 e. The van der Waals surface area contributed by atoms with Gasteiger partial charge < -0.3 is 19.9 Å². The lowest BCUT2D eigenvalue weighted by Crippen LogP contribution is -2.27. The molecule has 3 aromatic carbocycles. The lowest BCUT2D eigenvalue weighted by atomic mass is 9.90. The molecule has 0 aliphatic heterocycles. The fourth-order valence-corrected chi connectivity index (χ4v) is 5.85. The summed E-state index contributed by atoms with van der Waals surface area (Å²) >= 11 is 0. The second kappa shape index (κ2) is 12.8. The minimum Gasteiger partial charge on any atom is -0.496 e. The minimum absolute atomic E-state index is 0.0660. The monoisotopic (exact) mass is 581 g/mol. The smallest absolute Gasteiger partial charge is 0.263 e. The summed E-state index contributed by atoms with van der Waals surface area (Å²) in [6.45, 7) is 4.89. The molecule has 0 radical (unpaired) electrons. The Balaban J connectivity index is 1.42. The van der Waals surface area contributed by atoms with Crippen LogP contribution in [-0.4, -0.2) is 29.9 Å². The largest absolute Gasteiger partial charge is 0.496 e. The van der Waals surface area contributed by atoms with E-state index >= 15 is 4.39 Å². The van der Waals surface area contributed by atoms with Gasteiger partial charge in [-0.1, -0.05) is 30.3 Å². The van der Waals surface area contributed by atoms with Crippen LogP contribution in [0.25, 0.3) is 22.3 Å². The summed E-state index contributed by atoms with van der Waals surface area (Å²) in [7, 11) is 3.14. The topological polar surface area (TPSA) is 89.4 Å². The molecular formula is C35H36FN3O4. The molecule has 0 saturated heterocycles. The minimum atomic E-state index is -0.471. The molecule has 5 rings (SSSR count). The molecule has 1 saturated carbocycles. The van der Waals surface area contributed by atoms with Crippen molar-refractivity contribution in [1.82, 2.24) is 9.88 Å². The third-order valence-corrected chi connectivity index (χ3v) is 8.34. The van der Waals surface area contributed by atoms with Gasteiger partial charge in [0.05, 0.1) is 7.11 Å². The Hall–Kier alpha value is -4.56. The van der Waals surface area contributed by atoms with Crippen molar-refractivity contribution in [3.63, 3.8) is 0 Å². The molecule has 0 spiro atoms. The van der Waals surface area contributed by atoms with Crippen LogP contribution in [0.1, 0.15) is 46.3 Å². The number of amides is 1. The molecular weight excluding hydrogens is 545 g/mol. The number of Topliss-reactive ketones (excluding diaryl/α,β-unsaturated/α-hetero) is 1. The number of aryl methyl sites for hydroxylation is 1. The predicted octanol–water partition coefficient (Wildman–Crippen LogP) is 6.19. The number of rotatable bonds is 9. The summed E-state index contributed by atoms with van der Waals surface area (Å²) in [6.07, 6.45) is 3.70. The number of nitrogens with one attached hydrogen (secondary N) is 2.